The summed E-state index contributed by atoms with van der Waals surface area (Å²) in [5, 5.41) is 14.0. The SMILES string of the molecule is C[C@]1(C(N)=O)COc2c1cc([C@@](O)(CNC(=O)c1ccc3ncc(Cl)cc3c1)C(F)(F)F)nc2-c1ccc(F)cc1. The van der Waals surface area contributed by atoms with Gasteiger partial charge in [-0.25, -0.2) is 9.37 Å². The Morgan fingerprint density at radius 3 is 2.51 bits per heavy atom. The van der Waals surface area contributed by atoms with Crippen LogP contribution in [0.15, 0.2) is 60.8 Å². The second-order valence-corrected chi connectivity index (χ2v) is 10.3. The molecular weight excluding hydrogens is 568 g/mol. The van der Waals surface area contributed by atoms with E-state index in [0.29, 0.717) is 15.9 Å². The summed E-state index contributed by atoms with van der Waals surface area (Å²) in [5.74, 6) is -2.43. The lowest BCUT2D eigenvalue weighted by Crippen LogP contribution is -2.51. The van der Waals surface area contributed by atoms with Gasteiger partial charge >= 0.3 is 6.18 Å². The Morgan fingerprint density at radius 1 is 1.15 bits per heavy atom. The maximum absolute atomic E-state index is 14.5. The maximum atomic E-state index is 14.5. The number of nitrogens with one attached hydrogen (secondary N) is 1. The van der Waals surface area contributed by atoms with Crippen molar-refractivity contribution in [3.63, 3.8) is 0 Å². The predicted molar refractivity (Wildman–Crippen MR) is 141 cm³/mol. The molecule has 3 heterocycles. The number of halogens is 5. The summed E-state index contributed by atoms with van der Waals surface area (Å²) in [6, 6.07) is 11.4. The van der Waals surface area contributed by atoms with E-state index in [4.69, 9.17) is 22.1 Å². The molecular formula is C28H21ClF4N4O4. The third kappa shape index (κ3) is 4.93. The number of nitrogens with two attached hydrogens (primary N) is 1. The van der Waals surface area contributed by atoms with Crippen molar-refractivity contribution in [3.05, 3.63) is 88.5 Å². The van der Waals surface area contributed by atoms with Crippen molar-refractivity contribution in [2.24, 2.45) is 5.73 Å². The third-order valence-corrected chi connectivity index (χ3v) is 7.25. The van der Waals surface area contributed by atoms with Crippen LogP contribution in [0.2, 0.25) is 5.02 Å². The van der Waals surface area contributed by atoms with Crippen molar-refractivity contribution >= 4 is 34.3 Å². The molecule has 0 radical (unpaired) electrons. The Bertz CT molecular complexity index is 1700. The Morgan fingerprint density at radius 2 is 1.85 bits per heavy atom. The predicted octanol–water partition coefficient (Wildman–Crippen LogP) is 4.40. The molecule has 0 saturated carbocycles. The van der Waals surface area contributed by atoms with Crippen LogP contribution < -0.4 is 15.8 Å². The minimum Gasteiger partial charge on any atom is -0.489 e. The zero-order chi connectivity index (χ0) is 29.7. The maximum Gasteiger partial charge on any atom is 0.424 e. The first-order chi connectivity index (χ1) is 19.2. The van der Waals surface area contributed by atoms with Gasteiger partial charge in [0.15, 0.2) is 0 Å². The van der Waals surface area contributed by atoms with E-state index in [9.17, 15) is 32.3 Å². The van der Waals surface area contributed by atoms with E-state index < -0.39 is 47.1 Å². The largest absolute Gasteiger partial charge is 0.489 e. The molecule has 0 spiro atoms. The number of carbonyl (C=O) groups excluding carboxylic acids is 2. The van der Waals surface area contributed by atoms with Crippen LogP contribution in [0.4, 0.5) is 17.6 Å². The second kappa shape index (κ2) is 9.96. The van der Waals surface area contributed by atoms with Crippen molar-refractivity contribution in [2.45, 2.75) is 24.1 Å². The summed E-state index contributed by atoms with van der Waals surface area (Å²) >= 11 is 5.95. The fourth-order valence-electron chi connectivity index (χ4n) is 4.49. The zero-order valence-electron chi connectivity index (χ0n) is 21.2. The molecule has 0 saturated heterocycles. The van der Waals surface area contributed by atoms with Crippen molar-refractivity contribution < 1.29 is 37.0 Å². The van der Waals surface area contributed by atoms with Crippen molar-refractivity contribution in [1.29, 1.82) is 0 Å². The molecule has 4 N–H and O–H groups in total. The minimum absolute atomic E-state index is 0.00490. The van der Waals surface area contributed by atoms with Gasteiger partial charge in [0.25, 0.3) is 5.91 Å². The van der Waals surface area contributed by atoms with Crippen molar-refractivity contribution in [3.8, 4) is 17.0 Å². The molecule has 0 bridgehead atoms. The summed E-state index contributed by atoms with van der Waals surface area (Å²) in [6.45, 7) is -0.238. The summed E-state index contributed by atoms with van der Waals surface area (Å²) in [4.78, 5) is 33.4. The number of carbonyl (C=O) groups is 2. The van der Waals surface area contributed by atoms with Gasteiger partial charge in [-0.05, 0) is 61.5 Å². The number of aromatic nitrogens is 2. The van der Waals surface area contributed by atoms with E-state index >= 15 is 0 Å². The van der Waals surface area contributed by atoms with Gasteiger partial charge in [0, 0.05) is 28.3 Å². The molecule has 4 aromatic rings. The lowest BCUT2D eigenvalue weighted by atomic mass is 9.81. The molecule has 0 unspecified atom stereocenters. The van der Waals surface area contributed by atoms with Crippen LogP contribution in [-0.4, -0.2) is 46.2 Å². The number of amides is 2. The number of alkyl halides is 3. The van der Waals surface area contributed by atoms with E-state index in [2.05, 4.69) is 15.3 Å². The molecule has 5 rings (SSSR count). The van der Waals surface area contributed by atoms with E-state index in [-0.39, 0.29) is 34.7 Å². The van der Waals surface area contributed by atoms with Gasteiger partial charge in [-0.1, -0.05) is 11.6 Å². The van der Waals surface area contributed by atoms with Gasteiger partial charge in [0.1, 0.15) is 29.3 Å². The Hall–Kier alpha value is -4.29. The Kier molecular flexibility index (Phi) is 6.86. The van der Waals surface area contributed by atoms with Crippen molar-refractivity contribution in [2.75, 3.05) is 13.2 Å². The highest BCUT2D eigenvalue weighted by Crippen LogP contribution is 2.47. The molecule has 13 heteroatoms. The van der Waals surface area contributed by atoms with Gasteiger partial charge in [-0.3, -0.25) is 14.6 Å². The van der Waals surface area contributed by atoms with E-state index in [1.807, 2.05) is 0 Å². The molecule has 2 aromatic heterocycles. The van der Waals surface area contributed by atoms with Gasteiger partial charge < -0.3 is 20.9 Å². The second-order valence-electron chi connectivity index (χ2n) is 9.83. The van der Waals surface area contributed by atoms with Crippen LogP contribution >= 0.6 is 11.6 Å². The monoisotopic (exact) mass is 588 g/mol. The standard InChI is InChI=1S/C28H21ClF4N4O4/c1-26(25(34)39)13-41-23-19(26)10-21(37-22(23)14-2-5-18(30)6-3-14)27(40,28(31,32)33)12-36-24(38)15-4-7-20-16(8-15)9-17(29)11-35-20/h2-11,40H,12-13H2,1H3,(H2,34,39)(H,36,38)/t26-,27-/m0/s1. The number of pyridine rings is 2. The molecule has 41 heavy (non-hydrogen) atoms. The number of ether oxygens (including phenoxy) is 1. The summed E-state index contributed by atoms with van der Waals surface area (Å²) in [7, 11) is 0. The van der Waals surface area contributed by atoms with Crippen molar-refractivity contribution in [1.82, 2.24) is 15.3 Å². The van der Waals surface area contributed by atoms with Crippen LogP contribution in [0.25, 0.3) is 22.2 Å². The molecule has 2 atom stereocenters. The van der Waals surface area contributed by atoms with E-state index in [0.717, 1.165) is 18.2 Å². The fraction of sp³-hybridized carbons (Fsp3) is 0.214. The normalized spacial score (nSPS) is 17.9. The van der Waals surface area contributed by atoms with Gasteiger partial charge in [0.2, 0.25) is 11.5 Å². The van der Waals surface area contributed by atoms with Crippen LogP contribution in [0.1, 0.15) is 28.5 Å². The van der Waals surface area contributed by atoms with Gasteiger partial charge in [0.05, 0.1) is 22.8 Å². The molecule has 1 aliphatic rings. The lowest BCUT2D eigenvalue weighted by molar-refractivity contribution is -0.265. The van der Waals surface area contributed by atoms with Crippen LogP contribution in [0.5, 0.6) is 5.75 Å². The van der Waals surface area contributed by atoms with Crippen LogP contribution in [0.3, 0.4) is 0 Å². The molecule has 2 aromatic carbocycles. The first kappa shape index (κ1) is 28.2. The number of primary amides is 1. The number of aliphatic hydroxyl groups is 1. The third-order valence-electron chi connectivity index (χ3n) is 7.04. The lowest BCUT2D eigenvalue weighted by Gasteiger charge is -2.31. The Labute approximate surface area is 235 Å². The quantitative estimate of drug-likeness (QED) is 0.287. The number of hydrogen-bond acceptors (Lipinski definition) is 6. The highest BCUT2D eigenvalue weighted by molar-refractivity contribution is 6.31. The number of rotatable bonds is 6. The fourth-order valence-corrected chi connectivity index (χ4v) is 4.66. The van der Waals surface area contributed by atoms with Crippen LogP contribution in [0, 0.1) is 5.82 Å². The van der Waals surface area contributed by atoms with E-state index in [1.165, 1.54) is 49.5 Å². The van der Waals surface area contributed by atoms with Crippen LogP contribution in [-0.2, 0) is 15.8 Å². The molecule has 1 aliphatic heterocycles. The van der Waals surface area contributed by atoms with Gasteiger partial charge in [-0.15, -0.1) is 0 Å². The Balaban J connectivity index is 1.58. The molecule has 2 amide bonds. The summed E-state index contributed by atoms with van der Waals surface area (Å²) < 4.78 is 62.9. The molecule has 0 aliphatic carbocycles. The summed E-state index contributed by atoms with van der Waals surface area (Å²) in [6.07, 6.45) is -3.93. The average molecular weight is 589 g/mol. The summed E-state index contributed by atoms with van der Waals surface area (Å²) in [5.41, 5.74) is -0.168. The number of fused-ring (bicyclic) bond motifs is 2. The first-order valence-electron chi connectivity index (χ1n) is 12.1. The topological polar surface area (TPSA) is 127 Å². The number of benzene rings is 2. The number of hydrogen-bond donors (Lipinski definition) is 3. The molecule has 0 fully saturated rings. The average Bonchev–Trinajstić information content (AvgIpc) is 3.28. The minimum atomic E-state index is -5.34. The highest BCUT2D eigenvalue weighted by atomic mass is 35.5. The van der Waals surface area contributed by atoms with E-state index in [1.54, 1.807) is 0 Å². The number of nitrogens with zero attached hydrogens (tertiary/aromatic N) is 2. The molecule has 8 nitrogen and oxygen atoms in total. The molecule has 212 valence electrons. The van der Waals surface area contributed by atoms with Gasteiger partial charge in [-0.2, -0.15) is 13.2 Å². The zero-order valence-corrected chi connectivity index (χ0v) is 22.0. The smallest absolute Gasteiger partial charge is 0.424 e. The first-order valence-corrected chi connectivity index (χ1v) is 12.5. The highest BCUT2D eigenvalue weighted by Gasteiger charge is 2.57.